The summed E-state index contributed by atoms with van der Waals surface area (Å²) in [7, 11) is 0. The third-order valence-corrected chi connectivity index (χ3v) is 7.72. The molecule has 0 radical (unpaired) electrons. The summed E-state index contributed by atoms with van der Waals surface area (Å²) in [5, 5.41) is 52.9. The van der Waals surface area contributed by atoms with Crippen molar-refractivity contribution in [2.45, 2.75) is 83.1 Å². The Morgan fingerprint density at radius 1 is 0.541 bits per heavy atom. The van der Waals surface area contributed by atoms with Crippen LogP contribution in [0.2, 0.25) is 0 Å². The van der Waals surface area contributed by atoms with Gasteiger partial charge in [-0.25, -0.2) is 0 Å². The highest BCUT2D eigenvalue weighted by Gasteiger charge is 2.34. The maximum Gasteiger partial charge on any atom is 0.305 e. The van der Waals surface area contributed by atoms with Crippen LogP contribution < -0.4 is 31.9 Å². The number of ether oxygens (including phenoxy) is 4. The van der Waals surface area contributed by atoms with E-state index in [4.69, 9.17) is 29.6 Å². The second-order valence-electron chi connectivity index (χ2n) is 13.1. The van der Waals surface area contributed by atoms with Gasteiger partial charge in [0, 0.05) is 17.9 Å². The molecule has 0 aromatic rings. The van der Waals surface area contributed by atoms with Crippen LogP contribution >= 0.6 is 0 Å². The van der Waals surface area contributed by atoms with Crippen molar-refractivity contribution in [3.8, 4) is 0 Å². The van der Waals surface area contributed by atoms with Gasteiger partial charge in [-0.15, -0.1) is 0 Å². The molecule has 27 heteroatoms. The van der Waals surface area contributed by atoms with Gasteiger partial charge in [0.2, 0.25) is 35.4 Å². The summed E-state index contributed by atoms with van der Waals surface area (Å²) >= 11 is 0. The quantitative estimate of drug-likeness (QED) is 0.0130. The third kappa shape index (κ3) is 27.3. The number of nitrogens with one attached hydrogen (secondary N) is 6. The lowest BCUT2D eigenvalue weighted by molar-refractivity contribution is -0.142. The molecule has 0 aliphatic rings. The molecule has 0 unspecified atom stereocenters. The molecule has 0 aliphatic carbocycles. The first-order chi connectivity index (χ1) is 28.8. The Bertz CT molecular complexity index is 1540. The van der Waals surface area contributed by atoms with Crippen LogP contribution in [0.3, 0.4) is 0 Å². The van der Waals surface area contributed by atoms with Gasteiger partial charge in [-0.3, -0.25) is 47.9 Å². The average molecular weight is 878 g/mol. The van der Waals surface area contributed by atoms with Crippen molar-refractivity contribution < 1.29 is 87.3 Å². The average Bonchev–Trinajstić information content (AvgIpc) is 3.17. The molecule has 0 fully saturated rings. The Morgan fingerprint density at radius 3 is 1.49 bits per heavy atom. The fourth-order valence-electron chi connectivity index (χ4n) is 4.66. The predicted molar refractivity (Wildman–Crippen MR) is 204 cm³/mol. The van der Waals surface area contributed by atoms with Crippen molar-refractivity contribution in [2.75, 3.05) is 65.9 Å². The van der Waals surface area contributed by atoms with Crippen LogP contribution in [-0.2, 0) is 66.9 Å². The van der Waals surface area contributed by atoms with Crippen LogP contribution in [0, 0.1) is 5.92 Å². The van der Waals surface area contributed by atoms with E-state index in [0.29, 0.717) is 0 Å². The van der Waals surface area contributed by atoms with E-state index in [1.54, 1.807) is 0 Å². The van der Waals surface area contributed by atoms with Gasteiger partial charge in [0.15, 0.2) is 0 Å². The first kappa shape index (κ1) is 54.8. The molecule has 344 valence electrons. The molecule has 0 saturated carbocycles. The highest BCUT2D eigenvalue weighted by Crippen LogP contribution is 2.08. The zero-order chi connectivity index (χ0) is 46.3. The molecule has 5 atom stereocenters. The normalized spacial score (nSPS) is 13.2. The van der Waals surface area contributed by atoms with Gasteiger partial charge in [0.25, 0.3) is 0 Å². The number of carboxylic acid groups (broad SMARTS) is 4. The van der Waals surface area contributed by atoms with Gasteiger partial charge in [0.1, 0.15) is 36.8 Å². The van der Waals surface area contributed by atoms with Gasteiger partial charge in [-0.05, 0) is 24.8 Å². The van der Waals surface area contributed by atoms with Crippen LogP contribution in [0.25, 0.3) is 10.4 Å². The Balaban J connectivity index is 5.28. The van der Waals surface area contributed by atoms with Crippen LogP contribution in [0.15, 0.2) is 5.11 Å². The molecular formula is C34H55N9O18. The zero-order valence-electron chi connectivity index (χ0n) is 33.9. The van der Waals surface area contributed by atoms with Crippen molar-refractivity contribution in [1.82, 2.24) is 31.9 Å². The highest BCUT2D eigenvalue weighted by atomic mass is 16.6. The molecule has 0 heterocycles. The van der Waals surface area contributed by atoms with E-state index in [1.165, 1.54) is 20.8 Å². The maximum atomic E-state index is 13.4. The molecule has 0 aromatic heterocycles. The predicted octanol–water partition coefficient (Wildman–Crippen LogP) is -3.13. The first-order valence-corrected chi connectivity index (χ1v) is 18.8. The Kier molecular flexibility index (Phi) is 28.5. The number of carbonyl (C=O) groups is 10. The summed E-state index contributed by atoms with van der Waals surface area (Å²) in [6.45, 7) is 5.04. The Hall–Kier alpha value is -6.15. The molecule has 10 N–H and O–H groups in total. The van der Waals surface area contributed by atoms with Gasteiger partial charge >= 0.3 is 23.9 Å². The molecular weight excluding hydrogens is 822 g/mol. The van der Waals surface area contributed by atoms with E-state index in [2.05, 4.69) is 36.6 Å². The Morgan fingerprint density at radius 2 is 1.00 bits per heavy atom. The minimum atomic E-state index is -1.81. The summed E-state index contributed by atoms with van der Waals surface area (Å²) in [5.74, 6) is -12.4. The molecule has 0 spiro atoms. The van der Waals surface area contributed by atoms with Crippen molar-refractivity contribution in [3.63, 3.8) is 0 Å². The van der Waals surface area contributed by atoms with E-state index < -0.39 is 128 Å². The first-order valence-electron chi connectivity index (χ1n) is 18.8. The fraction of sp³-hybridized carbons (Fsp3) is 0.706. The molecule has 27 nitrogen and oxygen atoms in total. The van der Waals surface area contributed by atoms with Gasteiger partial charge in [-0.2, -0.15) is 0 Å². The van der Waals surface area contributed by atoms with E-state index in [0.717, 1.165) is 0 Å². The van der Waals surface area contributed by atoms with E-state index in [1.807, 2.05) is 5.32 Å². The number of carbonyl (C=O) groups excluding carboxylic acids is 6. The van der Waals surface area contributed by atoms with Crippen LogP contribution in [-0.4, -0.2) is 176 Å². The second kappa shape index (κ2) is 31.7. The molecule has 0 aromatic carbocycles. The minimum absolute atomic E-state index is 0.0231. The summed E-state index contributed by atoms with van der Waals surface area (Å²) in [4.78, 5) is 125. The monoisotopic (exact) mass is 877 g/mol. The lowest BCUT2D eigenvalue weighted by Gasteiger charge is -2.28. The molecule has 0 rings (SSSR count). The van der Waals surface area contributed by atoms with Gasteiger partial charge in [-0.1, -0.05) is 19.0 Å². The largest absolute Gasteiger partial charge is 0.481 e. The van der Waals surface area contributed by atoms with Crippen LogP contribution in [0.5, 0.6) is 0 Å². The second-order valence-corrected chi connectivity index (χ2v) is 13.1. The Labute approximate surface area is 348 Å². The lowest BCUT2D eigenvalue weighted by Crippen LogP contribution is -2.60. The standard InChI is InChI=1S/C34H55N9O18/c1-19(2)29(42-31(54)21(4-5-25(45)46)40-33(56)22(16-27(49)50)39-24(44)18-37-43-35)34(57)41-23(17-28(51)52)32(55)38-20(3)30(53)36-7-9-59-11-13-61-15-14-60-12-10-58-8-6-26(47)48/h19-23,29H,4-18H2,1-3H3,(H,36,53)(H,38,55)(H,39,44)(H,40,56)(H,41,57)(H,42,54)(H,45,46)(H,47,48)(H,49,50)(H,51,52)/t20-,21-,22-,23-,29-/m0/s1. The zero-order valence-corrected chi connectivity index (χ0v) is 33.9. The fourth-order valence-corrected chi connectivity index (χ4v) is 4.66. The SMILES string of the molecule is CC(C)[C@H](NC(=O)[C@H](CCC(=O)O)NC(=O)[C@H](CC(=O)O)NC(=O)CN=[N+]=[N-])C(=O)N[C@@H](CC(=O)O)C(=O)N[C@@H](C)C(=O)NCCOCCOCCOCCOCCC(=O)O. The number of hydrogen-bond acceptors (Lipinski definition) is 15. The van der Waals surface area contributed by atoms with Crippen LogP contribution in [0.4, 0.5) is 0 Å². The number of azide groups is 1. The van der Waals surface area contributed by atoms with E-state index in [-0.39, 0.29) is 65.8 Å². The van der Waals surface area contributed by atoms with Gasteiger partial charge in [0.05, 0.1) is 72.1 Å². The topological polar surface area (TPSA) is 409 Å². The van der Waals surface area contributed by atoms with E-state index >= 15 is 0 Å². The number of nitrogens with zero attached hydrogens (tertiary/aromatic N) is 3. The summed E-state index contributed by atoms with van der Waals surface area (Å²) in [6, 6.07) is -8.04. The number of carboxylic acids is 4. The van der Waals surface area contributed by atoms with E-state index in [9.17, 15) is 63.3 Å². The summed E-state index contributed by atoms with van der Waals surface area (Å²) in [5.41, 5.74) is 8.41. The third-order valence-electron chi connectivity index (χ3n) is 7.72. The summed E-state index contributed by atoms with van der Waals surface area (Å²) in [6.07, 6.45) is -3.32. The highest BCUT2D eigenvalue weighted by molar-refractivity contribution is 5.98. The number of aliphatic carboxylic acids is 4. The molecule has 61 heavy (non-hydrogen) atoms. The van der Waals surface area contributed by atoms with Crippen LogP contribution in [0.1, 0.15) is 52.9 Å². The number of amides is 6. The maximum absolute atomic E-state index is 13.4. The van der Waals surface area contributed by atoms with Gasteiger partial charge < -0.3 is 71.3 Å². The molecule has 0 aliphatic heterocycles. The lowest BCUT2D eigenvalue weighted by atomic mass is 10.0. The summed E-state index contributed by atoms with van der Waals surface area (Å²) < 4.78 is 21.1. The molecule has 0 bridgehead atoms. The minimum Gasteiger partial charge on any atom is -0.481 e. The molecule has 6 amide bonds. The smallest absolute Gasteiger partial charge is 0.305 e. The van der Waals surface area contributed by atoms with Crippen molar-refractivity contribution in [1.29, 1.82) is 0 Å². The number of rotatable bonds is 35. The molecule has 0 saturated heterocycles. The van der Waals surface area contributed by atoms with Crippen molar-refractivity contribution in [3.05, 3.63) is 10.4 Å². The van der Waals surface area contributed by atoms with Crippen molar-refractivity contribution >= 4 is 59.3 Å². The number of hydrogen-bond donors (Lipinski definition) is 10. The van der Waals surface area contributed by atoms with Crippen molar-refractivity contribution in [2.24, 2.45) is 11.0 Å².